The third-order valence-electron chi connectivity index (χ3n) is 3.81. The molecule has 0 spiro atoms. The number of benzene rings is 1. The lowest BCUT2D eigenvalue weighted by molar-refractivity contribution is 0.0608. The second kappa shape index (κ2) is 6.74. The molecule has 0 aromatic heterocycles. The van der Waals surface area contributed by atoms with Gasteiger partial charge in [-0.3, -0.25) is 9.69 Å². The number of halogens is 2. The number of likely N-dealkylation sites (N-methyl/N-ethyl adjacent to an activating group) is 1. The first-order valence-corrected chi connectivity index (χ1v) is 7.41. The van der Waals surface area contributed by atoms with E-state index in [4.69, 9.17) is 23.2 Å². The number of Topliss-reactive ketones (excluding diaryl/α,β-unsaturated/α-hetero) is 1. The zero-order valence-corrected chi connectivity index (χ0v) is 13.5. The van der Waals surface area contributed by atoms with E-state index in [0.717, 1.165) is 19.5 Å². The van der Waals surface area contributed by atoms with Gasteiger partial charge in [-0.05, 0) is 44.6 Å². The summed E-state index contributed by atoms with van der Waals surface area (Å²) >= 11 is 12.1. The lowest BCUT2D eigenvalue weighted by Crippen LogP contribution is -2.52. The van der Waals surface area contributed by atoms with Gasteiger partial charge in [-0.25, -0.2) is 0 Å². The molecule has 106 valence electrons. The number of nitrogens with zero attached hydrogens (tertiary/aromatic N) is 1. The second-order valence-electron chi connectivity index (χ2n) is 4.75. The predicted molar refractivity (Wildman–Crippen MR) is 82.4 cm³/mol. The molecule has 0 N–H and O–H groups in total. The minimum absolute atomic E-state index is 0.0335. The summed E-state index contributed by atoms with van der Waals surface area (Å²) in [6.07, 6.45) is 0.732. The summed E-state index contributed by atoms with van der Waals surface area (Å²) in [5, 5.41) is 0.993. The average molecular weight is 302 g/mol. The number of carbonyl (C=O) groups is 1. The van der Waals surface area contributed by atoms with Crippen molar-refractivity contribution in [1.82, 2.24) is 4.90 Å². The molecule has 1 aromatic carbocycles. The number of hydrogen-bond donors (Lipinski definition) is 0. The molecule has 0 heterocycles. The standard InChI is InChI=1S/C15H21Cl2NO/c1-5-15(4,18(6-2)7-3)14(19)12-10-11(16)8-9-13(12)17/h8-10H,5-7H2,1-4H3. The highest BCUT2D eigenvalue weighted by Gasteiger charge is 2.37. The van der Waals surface area contributed by atoms with Crippen molar-refractivity contribution in [2.75, 3.05) is 13.1 Å². The first-order chi connectivity index (χ1) is 8.90. The molecule has 4 heteroatoms. The van der Waals surface area contributed by atoms with E-state index < -0.39 is 5.54 Å². The maximum absolute atomic E-state index is 12.8. The lowest BCUT2D eigenvalue weighted by Gasteiger charge is -2.38. The van der Waals surface area contributed by atoms with Gasteiger partial charge in [0.2, 0.25) is 0 Å². The van der Waals surface area contributed by atoms with Crippen molar-refractivity contribution in [1.29, 1.82) is 0 Å². The first kappa shape index (κ1) is 16.5. The summed E-state index contributed by atoms with van der Waals surface area (Å²) in [6.45, 7) is 9.76. The fourth-order valence-corrected chi connectivity index (χ4v) is 2.79. The van der Waals surface area contributed by atoms with Gasteiger partial charge in [0.05, 0.1) is 10.6 Å². The molecular weight excluding hydrogens is 281 g/mol. The first-order valence-electron chi connectivity index (χ1n) is 6.65. The SMILES string of the molecule is CCN(CC)C(C)(CC)C(=O)c1cc(Cl)ccc1Cl. The van der Waals surface area contributed by atoms with E-state index in [1.807, 2.05) is 13.8 Å². The van der Waals surface area contributed by atoms with Gasteiger partial charge >= 0.3 is 0 Å². The van der Waals surface area contributed by atoms with Crippen LogP contribution in [0.5, 0.6) is 0 Å². The molecule has 0 aliphatic heterocycles. The predicted octanol–water partition coefficient (Wildman–Crippen LogP) is 4.69. The van der Waals surface area contributed by atoms with Crippen LogP contribution in [0.2, 0.25) is 10.0 Å². The molecule has 1 atom stereocenters. The van der Waals surface area contributed by atoms with Crippen molar-refractivity contribution in [3.05, 3.63) is 33.8 Å². The Balaban J connectivity index is 3.25. The Kier molecular flexibility index (Phi) is 5.84. The van der Waals surface area contributed by atoms with E-state index in [9.17, 15) is 4.79 Å². The fourth-order valence-electron chi connectivity index (χ4n) is 2.41. The lowest BCUT2D eigenvalue weighted by atomic mass is 9.86. The molecule has 1 unspecified atom stereocenters. The topological polar surface area (TPSA) is 20.3 Å². The van der Waals surface area contributed by atoms with E-state index in [0.29, 0.717) is 15.6 Å². The molecule has 0 fully saturated rings. The third-order valence-corrected chi connectivity index (χ3v) is 4.38. The van der Waals surface area contributed by atoms with Gasteiger partial charge in [-0.15, -0.1) is 0 Å². The van der Waals surface area contributed by atoms with Crippen molar-refractivity contribution >= 4 is 29.0 Å². The molecule has 0 saturated carbocycles. The van der Waals surface area contributed by atoms with E-state index in [1.165, 1.54) is 0 Å². The van der Waals surface area contributed by atoms with E-state index in [1.54, 1.807) is 18.2 Å². The third kappa shape index (κ3) is 3.31. The molecule has 19 heavy (non-hydrogen) atoms. The molecule has 0 radical (unpaired) electrons. The van der Waals surface area contributed by atoms with Crippen molar-refractivity contribution in [3.8, 4) is 0 Å². The van der Waals surface area contributed by atoms with Crippen LogP contribution in [0.3, 0.4) is 0 Å². The highest BCUT2D eigenvalue weighted by Crippen LogP contribution is 2.29. The van der Waals surface area contributed by atoms with E-state index in [-0.39, 0.29) is 5.78 Å². The minimum Gasteiger partial charge on any atom is -0.292 e. The minimum atomic E-state index is -0.544. The molecule has 1 rings (SSSR count). The summed E-state index contributed by atoms with van der Waals surface area (Å²) in [6, 6.07) is 5.03. The normalized spacial score (nSPS) is 14.5. The molecule has 0 saturated heterocycles. The summed E-state index contributed by atoms with van der Waals surface area (Å²) < 4.78 is 0. The van der Waals surface area contributed by atoms with Crippen LogP contribution in [0.1, 0.15) is 44.5 Å². The second-order valence-corrected chi connectivity index (χ2v) is 5.60. The zero-order chi connectivity index (χ0) is 14.6. The average Bonchev–Trinajstić information content (AvgIpc) is 2.41. The molecule has 2 nitrogen and oxygen atoms in total. The molecule has 1 aromatic rings. The van der Waals surface area contributed by atoms with Crippen LogP contribution in [0.25, 0.3) is 0 Å². The monoisotopic (exact) mass is 301 g/mol. The van der Waals surface area contributed by atoms with Gasteiger partial charge in [0, 0.05) is 10.6 Å². The Hall–Kier alpha value is -0.570. The summed E-state index contributed by atoms with van der Waals surface area (Å²) in [4.78, 5) is 15.0. The Morgan fingerprint density at radius 2 is 1.79 bits per heavy atom. The van der Waals surface area contributed by atoms with Crippen LogP contribution < -0.4 is 0 Å². The molecule has 0 aliphatic rings. The Morgan fingerprint density at radius 1 is 1.21 bits per heavy atom. The van der Waals surface area contributed by atoms with Gasteiger partial charge < -0.3 is 0 Å². The van der Waals surface area contributed by atoms with Crippen molar-refractivity contribution < 1.29 is 4.79 Å². The van der Waals surface area contributed by atoms with Crippen molar-refractivity contribution in [2.24, 2.45) is 0 Å². The summed E-state index contributed by atoms with van der Waals surface area (Å²) in [7, 11) is 0. The van der Waals surface area contributed by atoms with Crippen LogP contribution in [0.4, 0.5) is 0 Å². The van der Waals surface area contributed by atoms with Crippen LogP contribution in [0.15, 0.2) is 18.2 Å². The molecule has 0 bridgehead atoms. The summed E-state index contributed by atoms with van der Waals surface area (Å²) in [5.74, 6) is 0.0335. The van der Waals surface area contributed by atoms with E-state index >= 15 is 0 Å². The van der Waals surface area contributed by atoms with Crippen LogP contribution in [-0.2, 0) is 0 Å². The Morgan fingerprint density at radius 3 is 2.26 bits per heavy atom. The molecule has 0 amide bonds. The van der Waals surface area contributed by atoms with Crippen LogP contribution in [-0.4, -0.2) is 29.3 Å². The largest absolute Gasteiger partial charge is 0.292 e. The van der Waals surface area contributed by atoms with Crippen molar-refractivity contribution in [2.45, 2.75) is 39.7 Å². The molecule has 0 aliphatic carbocycles. The van der Waals surface area contributed by atoms with Gasteiger partial charge in [0.1, 0.15) is 0 Å². The number of rotatable bonds is 6. The number of carbonyl (C=O) groups excluding carboxylic acids is 1. The van der Waals surface area contributed by atoms with Gasteiger partial charge in [-0.1, -0.05) is 44.0 Å². The Bertz CT molecular complexity index is 457. The van der Waals surface area contributed by atoms with Crippen LogP contribution >= 0.6 is 23.2 Å². The quantitative estimate of drug-likeness (QED) is 0.711. The number of hydrogen-bond acceptors (Lipinski definition) is 2. The van der Waals surface area contributed by atoms with E-state index in [2.05, 4.69) is 18.7 Å². The van der Waals surface area contributed by atoms with Crippen molar-refractivity contribution in [3.63, 3.8) is 0 Å². The highest BCUT2D eigenvalue weighted by atomic mass is 35.5. The fraction of sp³-hybridized carbons (Fsp3) is 0.533. The smallest absolute Gasteiger partial charge is 0.184 e. The summed E-state index contributed by atoms with van der Waals surface area (Å²) in [5.41, 5.74) is -0.0388. The maximum atomic E-state index is 12.8. The highest BCUT2D eigenvalue weighted by molar-refractivity contribution is 6.36. The van der Waals surface area contributed by atoms with Crippen LogP contribution in [0, 0.1) is 0 Å². The molecular formula is C15H21Cl2NO. The Labute approximate surface area is 125 Å². The van der Waals surface area contributed by atoms with Gasteiger partial charge in [0.15, 0.2) is 5.78 Å². The zero-order valence-electron chi connectivity index (χ0n) is 12.0. The van der Waals surface area contributed by atoms with Gasteiger partial charge in [0.25, 0.3) is 0 Å². The number of ketones is 1. The van der Waals surface area contributed by atoms with Gasteiger partial charge in [-0.2, -0.15) is 0 Å². The maximum Gasteiger partial charge on any atom is 0.184 e.